The summed E-state index contributed by atoms with van der Waals surface area (Å²) in [6.07, 6.45) is 0.918. The molecule has 5 heterocycles. The van der Waals surface area contributed by atoms with Crippen LogP contribution in [-0.4, -0.2) is 101 Å². The summed E-state index contributed by atoms with van der Waals surface area (Å²) >= 11 is 2.22. The summed E-state index contributed by atoms with van der Waals surface area (Å²) in [7, 11) is 0. The molecule has 48 heavy (non-hydrogen) atoms. The largest absolute Gasteiger partial charge is 1.00 e. The molecule has 2 amide bonds. The first-order valence-electron chi connectivity index (χ1n) is 13.2. The van der Waals surface area contributed by atoms with Gasteiger partial charge < -0.3 is 42.7 Å². The fourth-order valence-corrected chi connectivity index (χ4v) is 6.41. The Balaban J connectivity index is 0.00000270. The van der Waals surface area contributed by atoms with Gasteiger partial charge in [-0.15, -0.1) is 33.3 Å². The van der Waals surface area contributed by atoms with E-state index >= 15 is 0 Å². The third kappa shape index (κ3) is 6.82. The number of H-pyrrole nitrogens is 1. The van der Waals surface area contributed by atoms with Crippen LogP contribution in [0.3, 0.4) is 0 Å². The number of aromatic hydroxyl groups is 3. The maximum Gasteiger partial charge on any atom is 1.00 e. The minimum absolute atomic E-state index is 0. The number of aromatic nitrogens is 7. The van der Waals surface area contributed by atoms with Crippen LogP contribution < -0.4 is 46.2 Å². The molecule has 244 valence electrons. The van der Waals surface area contributed by atoms with Crippen LogP contribution in [0.15, 0.2) is 51.0 Å². The molecule has 23 heteroatoms. The molecule has 0 bridgehead atoms. The van der Waals surface area contributed by atoms with Crippen LogP contribution in [0.4, 0.5) is 5.13 Å². The second-order valence-electron chi connectivity index (χ2n) is 9.79. The predicted octanol–water partition coefficient (Wildman–Crippen LogP) is -3.94. The van der Waals surface area contributed by atoms with Crippen molar-refractivity contribution in [2.75, 3.05) is 11.5 Å². The van der Waals surface area contributed by atoms with Gasteiger partial charge in [-0.1, -0.05) is 5.16 Å². The monoisotopic (exact) mass is 707 g/mol. The third-order valence-corrected chi connectivity index (χ3v) is 8.74. The van der Waals surface area contributed by atoms with Crippen LogP contribution in [0.2, 0.25) is 0 Å². The summed E-state index contributed by atoms with van der Waals surface area (Å²) in [5.41, 5.74) is 4.97. The molecule has 3 aromatic heterocycles. The normalized spacial score (nSPS) is 17.3. The Labute approximate surface area is 299 Å². The van der Waals surface area contributed by atoms with E-state index in [4.69, 9.17) is 10.6 Å². The zero-order chi connectivity index (χ0) is 33.4. The van der Waals surface area contributed by atoms with Crippen molar-refractivity contribution in [1.29, 1.82) is 0 Å². The second kappa shape index (κ2) is 14.0. The topological polar surface area (TPSA) is 297 Å². The number of anilines is 1. The number of benzene rings is 1. The number of carbonyl (C=O) groups excluding carboxylic acids is 2. The van der Waals surface area contributed by atoms with Crippen molar-refractivity contribution in [3.63, 3.8) is 0 Å². The fourth-order valence-electron chi connectivity index (χ4n) is 4.53. The molecule has 8 N–H and O–H groups in total. The van der Waals surface area contributed by atoms with E-state index in [0.29, 0.717) is 11.1 Å². The van der Waals surface area contributed by atoms with Crippen LogP contribution in [0, 0.1) is 0 Å². The summed E-state index contributed by atoms with van der Waals surface area (Å²) in [6.45, 7) is -0.518. The molecule has 1 saturated heterocycles. The van der Waals surface area contributed by atoms with E-state index in [1.807, 2.05) is 0 Å². The summed E-state index contributed by atoms with van der Waals surface area (Å²) in [5.74, 6) is -3.99. The van der Waals surface area contributed by atoms with Gasteiger partial charge in [0.05, 0.1) is 12.7 Å². The van der Waals surface area contributed by atoms with Gasteiger partial charge >= 0.3 is 35.5 Å². The number of phenols is 2. The first-order chi connectivity index (χ1) is 22.5. The molecule has 4 aromatic rings. The Bertz CT molecular complexity index is 2050. The number of oxime groups is 1. The molecule has 0 radical (unpaired) electrons. The number of nitrogens with zero attached hydrogens (tertiary/aromatic N) is 8. The number of carboxylic acids is 1. The van der Waals surface area contributed by atoms with Gasteiger partial charge in [-0.3, -0.25) is 19.3 Å². The second-order valence-corrected chi connectivity index (χ2v) is 11.8. The molecule has 1 aromatic carbocycles. The van der Waals surface area contributed by atoms with Gasteiger partial charge in [-0.05, 0) is 29.0 Å². The standard InChI is InChI=1S/C25H21N11O9S2.Na.H/c26-25-28-11(8-47-25)16(33-45-6-15-27-4-14(39)20(40)29-15)21(41)30-17-22(42)36-18(24(43)44)10(7-46-23(17)36)5-35-32-19(31-34-35)9-1-2-12(37)13(38)3-9;;/h1-4,8,17,23,37-39H,5-7H2,(H2,26,28)(H,30,41)(H,43,44)(H,27,29,40);;/q;+1;-1/t17-,23-;;/m1../s1. The van der Waals surface area contributed by atoms with Crippen molar-refractivity contribution < 1.29 is 70.6 Å². The van der Waals surface area contributed by atoms with E-state index < -0.39 is 47.1 Å². The molecule has 6 rings (SSSR count). The smallest absolute Gasteiger partial charge is 1.00 e. The molecular weight excluding hydrogens is 685 g/mol. The van der Waals surface area contributed by atoms with Gasteiger partial charge in [0.25, 0.3) is 17.4 Å². The van der Waals surface area contributed by atoms with Crippen LogP contribution in [-0.2, 0) is 32.4 Å². The quantitative estimate of drug-likeness (QED) is 0.0272. The number of nitrogens with two attached hydrogens (primary N) is 1. The van der Waals surface area contributed by atoms with Crippen LogP contribution in [0.1, 0.15) is 12.9 Å². The number of aromatic amines is 1. The number of carbonyl (C=O) groups is 3. The van der Waals surface area contributed by atoms with E-state index in [1.54, 1.807) is 0 Å². The molecule has 0 unspecified atom stereocenters. The number of nitrogen functional groups attached to an aromatic ring is 1. The van der Waals surface area contributed by atoms with Crippen molar-refractivity contribution in [2.24, 2.45) is 5.16 Å². The first-order valence-corrected chi connectivity index (χ1v) is 15.1. The molecule has 0 aliphatic carbocycles. The van der Waals surface area contributed by atoms with E-state index in [2.05, 4.69) is 40.8 Å². The first kappa shape index (κ1) is 34.3. The number of thioether (sulfide) groups is 1. The molecular formula is C25H22N11NaO9S2. The van der Waals surface area contributed by atoms with Crippen molar-refractivity contribution in [1.82, 2.24) is 45.4 Å². The number of thiazole rings is 1. The van der Waals surface area contributed by atoms with Crippen LogP contribution in [0.25, 0.3) is 11.4 Å². The molecule has 20 nitrogen and oxygen atoms in total. The number of phenolic OH excluding ortho intramolecular Hbond substituents is 2. The molecule has 1 fully saturated rings. The van der Waals surface area contributed by atoms with Crippen LogP contribution >= 0.6 is 23.1 Å². The van der Waals surface area contributed by atoms with Gasteiger partial charge in [0.1, 0.15) is 28.6 Å². The molecule has 2 aliphatic heterocycles. The number of fused-ring (bicyclic) bond motifs is 1. The minimum atomic E-state index is -1.37. The Morgan fingerprint density at radius 2 is 2.00 bits per heavy atom. The van der Waals surface area contributed by atoms with Gasteiger partial charge in [0.15, 0.2) is 34.7 Å². The molecule has 2 aliphatic rings. The average Bonchev–Trinajstić information content (AvgIpc) is 3.69. The summed E-state index contributed by atoms with van der Waals surface area (Å²) < 4.78 is 0. The Morgan fingerprint density at radius 3 is 2.69 bits per heavy atom. The number of amides is 2. The Hall–Kier alpha value is -5.03. The van der Waals surface area contributed by atoms with Crippen molar-refractivity contribution in [3.05, 3.63) is 62.9 Å². The number of nitrogens with one attached hydrogen (secondary N) is 2. The molecule has 0 spiro atoms. The number of β-lactam (4-membered cyclic amide) rings is 1. The summed E-state index contributed by atoms with van der Waals surface area (Å²) in [4.78, 5) is 68.0. The van der Waals surface area contributed by atoms with Crippen molar-refractivity contribution in [3.8, 4) is 28.6 Å². The van der Waals surface area contributed by atoms with Crippen LogP contribution in [0.5, 0.6) is 17.2 Å². The maximum absolute atomic E-state index is 13.3. The zero-order valence-corrected chi connectivity index (χ0v) is 28.1. The number of hydrogen-bond acceptors (Lipinski definition) is 17. The Morgan fingerprint density at radius 1 is 1.21 bits per heavy atom. The predicted molar refractivity (Wildman–Crippen MR) is 162 cm³/mol. The average molecular weight is 708 g/mol. The SMILES string of the molecule is Nc1nc(C(=NOCc2ncc(O)c(=O)[nH]2)C(=O)N[C@@H]2C(=O)N3C(C(=O)O)=C(Cn4nnc(-c5ccc(O)c(O)c5)n4)CS[C@H]23)cs1.[H-].[Na+]. The van der Waals surface area contributed by atoms with Crippen molar-refractivity contribution >= 4 is 51.7 Å². The Kier molecular flexibility index (Phi) is 10.00. The van der Waals surface area contributed by atoms with E-state index in [9.17, 15) is 39.6 Å². The minimum Gasteiger partial charge on any atom is -1.00 e. The number of hydrogen-bond donors (Lipinski definition) is 7. The fraction of sp³-hybridized carbons (Fsp3) is 0.200. The van der Waals surface area contributed by atoms with E-state index in [-0.39, 0.29) is 88.7 Å². The zero-order valence-electron chi connectivity index (χ0n) is 25.5. The van der Waals surface area contributed by atoms with Gasteiger partial charge in [-0.2, -0.15) is 4.80 Å². The maximum atomic E-state index is 13.3. The number of carboxylic acid groups (broad SMARTS) is 1. The van der Waals surface area contributed by atoms with E-state index in [1.165, 1.54) is 35.3 Å². The summed E-state index contributed by atoms with van der Waals surface area (Å²) in [5, 5.41) is 57.9. The van der Waals surface area contributed by atoms with Crippen molar-refractivity contribution in [2.45, 2.75) is 24.6 Å². The molecule has 2 atom stereocenters. The van der Waals surface area contributed by atoms with Gasteiger partial charge in [-0.25, -0.2) is 14.8 Å². The van der Waals surface area contributed by atoms with Gasteiger partial charge in [0.2, 0.25) is 5.82 Å². The number of aliphatic carboxylic acids is 1. The number of rotatable bonds is 10. The van der Waals surface area contributed by atoms with Gasteiger partial charge in [0, 0.05) is 16.7 Å². The van der Waals surface area contributed by atoms with E-state index in [0.717, 1.165) is 27.2 Å². The third-order valence-electron chi connectivity index (χ3n) is 6.73. The number of tetrazole rings is 1. The summed E-state index contributed by atoms with van der Waals surface area (Å²) in [6, 6.07) is 2.84. The molecule has 0 saturated carbocycles.